The fraction of sp³-hybridized carbons (Fsp3) is 0.273. The van der Waals surface area contributed by atoms with Crippen molar-refractivity contribution < 1.29 is 9.47 Å². The highest BCUT2D eigenvalue weighted by Crippen LogP contribution is 2.36. The summed E-state index contributed by atoms with van der Waals surface area (Å²) < 4.78 is 11.5. The Labute approximate surface area is 163 Å². The SMILES string of the molecule is COc1cc2c(cc1OCCCN(C)C)ncc1c3ccc(C#N)cc3[nH]c21. The highest BCUT2D eigenvalue weighted by atomic mass is 16.5. The van der Waals surface area contributed by atoms with Gasteiger partial charge in [0.2, 0.25) is 0 Å². The molecule has 0 aliphatic heterocycles. The molecule has 0 amide bonds. The average molecular weight is 374 g/mol. The summed E-state index contributed by atoms with van der Waals surface area (Å²) in [6.07, 6.45) is 2.80. The van der Waals surface area contributed by atoms with Gasteiger partial charge in [-0.25, -0.2) is 0 Å². The Kier molecular flexibility index (Phi) is 4.76. The number of pyridine rings is 1. The van der Waals surface area contributed by atoms with Crippen LogP contribution < -0.4 is 9.47 Å². The number of hydrogen-bond acceptors (Lipinski definition) is 5. The van der Waals surface area contributed by atoms with Gasteiger partial charge < -0.3 is 19.4 Å². The summed E-state index contributed by atoms with van der Waals surface area (Å²) in [5.74, 6) is 1.38. The standard InChI is InChI=1S/C22H22N4O2/c1-26(2)7-4-8-28-21-11-18-16(10-20(21)27-3)22-17(13-24-18)15-6-5-14(12-23)9-19(15)25-22/h5-6,9-11,13,25H,4,7-8H2,1-3H3. The van der Waals surface area contributed by atoms with Crippen LogP contribution in [0.4, 0.5) is 0 Å². The number of benzene rings is 2. The molecule has 0 aliphatic rings. The third-order valence-corrected chi connectivity index (χ3v) is 4.86. The number of aromatic amines is 1. The summed E-state index contributed by atoms with van der Waals surface area (Å²) in [4.78, 5) is 10.2. The van der Waals surface area contributed by atoms with Crippen molar-refractivity contribution in [2.75, 3.05) is 34.4 Å². The highest BCUT2D eigenvalue weighted by molar-refractivity contribution is 6.16. The highest BCUT2D eigenvalue weighted by Gasteiger charge is 2.13. The topological polar surface area (TPSA) is 74.2 Å². The molecule has 4 rings (SSSR count). The van der Waals surface area contributed by atoms with E-state index >= 15 is 0 Å². The first kappa shape index (κ1) is 18.1. The van der Waals surface area contributed by atoms with Crippen LogP contribution in [0.3, 0.4) is 0 Å². The summed E-state index contributed by atoms with van der Waals surface area (Å²) in [6.45, 7) is 1.58. The molecule has 0 aliphatic carbocycles. The first-order valence-electron chi connectivity index (χ1n) is 9.20. The van der Waals surface area contributed by atoms with Gasteiger partial charge in [-0.1, -0.05) is 6.07 Å². The second-order valence-electron chi connectivity index (χ2n) is 7.07. The molecular weight excluding hydrogens is 352 g/mol. The van der Waals surface area contributed by atoms with Gasteiger partial charge >= 0.3 is 0 Å². The van der Waals surface area contributed by atoms with Crippen LogP contribution in [0, 0.1) is 11.3 Å². The third kappa shape index (κ3) is 3.21. The Morgan fingerprint density at radius 2 is 1.96 bits per heavy atom. The lowest BCUT2D eigenvalue weighted by Gasteiger charge is -2.13. The number of methoxy groups -OCH3 is 1. The van der Waals surface area contributed by atoms with E-state index < -0.39 is 0 Å². The molecule has 0 spiro atoms. The predicted molar refractivity (Wildman–Crippen MR) is 111 cm³/mol. The van der Waals surface area contributed by atoms with E-state index in [1.165, 1.54) is 0 Å². The van der Waals surface area contributed by atoms with Gasteiger partial charge in [-0.15, -0.1) is 0 Å². The number of nitriles is 1. The van der Waals surface area contributed by atoms with E-state index in [4.69, 9.17) is 14.7 Å². The maximum absolute atomic E-state index is 9.15. The molecule has 0 unspecified atom stereocenters. The molecular formula is C22H22N4O2. The van der Waals surface area contributed by atoms with Crippen LogP contribution in [0.1, 0.15) is 12.0 Å². The zero-order valence-electron chi connectivity index (χ0n) is 16.2. The van der Waals surface area contributed by atoms with E-state index in [0.717, 1.165) is 45.7 Å². The van der Waals surface area contributed by atoms with Gasteiger partial charge in [0.05, 0.1) is 36.4 Å². The summed E-state index contributed by atoms with van der Waals surface area (Å²) in [6, 6.07) is 11.7. The van der Waals surface area contributed by atoms with Crippen molar-refractivity contribution in [2.45, 2.75) is 6.42 Å². The quantitative estimate of drug-likeness (QED) is 0.515. The van der Waals surface area contributed by atoms with Crippen molar-refractivity contribution in [1.82, 2.24) is 14.9 Å². The Morgan fingerprint density at radius 3 is 2.71 bits per heavy atom. The van der Waals surface area contributed by atoms with E-state index in [1.807, 2.05) is 50.6 Å². The zero-order valence-corrected chi connectivity index (χ0v) is 16.2. The van der Waals surface area contributed by atoms with E-state index in [2.05, 4.69) is 20.9 Å². The number of hydrogen-bond donors (Lipinski definition) is 1. The first-order valence-corrected chi connectivity index (χ1v) is 9.20. The molecule has 28 heavy (non-hydrogen) atoms. The molecule has 142 valence electrons. The Hall–Kier alpha value is -3.30. The van der Waals surface area contributed by atoms with Gasteiger partial charge in [-0.3, -0.25) is 4.98 Å². The van der Waals surface area contributed by atoms with Crippen molar-refractivity contribution in [3.63, 3.8) is 0 Å². The van der Waals surface area contributed by atoms with Gasteiger partial charge in [0.15, 0.2) is 11.5 Å². The van der Waals surface area contributed by atoms with Gasteiger partial charge in [0.25, 0.3) is 0 Å². The first-order chi connectivity index (χ1) is 13.6. The van der Waals surface area contributed by atoms with E-state index in [1.54, 1.807) is 7.11 Å². The van der Waals surface area contributed by atoms with Crippen molar-refractivity contribution in [1.29, 1.82) is 5.26 Å². The molecule has 0 bridgehead atoms. The molecule has 0 fully saturated rings. The number of H-pyrrole nitrogens is 1. The molecule has 0 saturated carbocycles. The van der Waals surface area contributed by atoms with E-state index in [0.29, 0.717) is 23.7 Å². The molecule has 6 heteroatoms. The summed E-state index contributed by atoms with van der Waals surface area (Å²) in [5.41, 5.74) is 3.36. The fourth-order valence-corrected chi connectivity index (χ4v) is 3.46. The monoisotopic (exact) mass is 374 g/mol. The lowest BCUT2D eigenvalue weighted by atomic mass is 10.1. The minimum atomic E-state index is 0.617. The molecule has 0 radical (unpaired) electrons. The van der Waals surface area contributed by atoms with Crippen molar-refractivity contribution in [3.05, 3.63) is 42.1 Å². The Bertz CT molecular complexity index is 1200. The average Bonchev–Trinajstić information content (AvgIpc) is 3.08. The Morgan fingerprint density at radius 1 is 1.11 bits per heavy atom. The second-order valence-corrected chi connectivity index (χ2v) is 7.07. The fourth-order valence-electron chi connectivity index (χ4n) is 3.46. The van der Waals surface area contributed by atoms with Crippen LogP contribution in [0.15, 0.2) is 36.5 Å². The van der Waals surface area contributed by atoms with Crippen LogP contribution in [0.25, 0.3) is 32.7 Å². The van der Waals surface area contributed by atoms with Crippen LogP contribution in [0.5, 0.6) is 11.5 Å². The number of fused-ring (bicyclic) bond motifs is 5. The van der Waals surface area contributed by atoms with E-state index in [9.17, 15) is 0 Å². The largest absolute Gasteiger partial charge is 0.493 e. The van der Waals surface area contributed by atoms with Gasteiger partial charge in [-0.2, -0.15) is 5.26 Å². The minimum Gasteiger partial charge on any atom is -0.493 e. The molecule has 1 N–H and O–H groups in total. The van der Waals surface area contributed by atoms with Crippen LogP contribution in [0.2, 0.25) is 0 Å². The number of rotatable bonds is 6. The van der Waals surface area contributed by atoms with Gasteiger partial charge in [0.1, 0.15) is 0 Å². The van der Waals surface area contributed by atoms with Crippen molar-refractivity contribution >= 4 is 32.7 Å². The summed E-state index contributed by atoms with van der Waals surface area (Å²) in [5, 5.41) is 12.2. The maximum atomic E-state index is 9.15. The lowest BCUT2D eigenvalue weighted by Crippen LogP contribution is -2.15. The van der Waals surface area contributed by atoms with Crippen LogP contribution in [-0.4, -0.2) is 49.2 Å². The second kappa shape index (κ2) is 7.37. The summed E-state index contributed by atoms with van der Waals surface area (Å²) in [7, 11) is 5.74. The minimum absolute atomic E-state index is 0.617. The zero-order chi connectivity index (χ0) is 19.7. The number of nitrogens with one attached hydrogen (secondary N) is 1. The van der Waals surface area contributed by atoms with Crippen LogP contribution >= 0.6 is 0 Å². The van der Waals surface area contributed by atoms with E-state index in [-0.39, 0.29) is 0 Å². The number of nitrogens with zero attached hydrogens (tertiary/aromatic N) is 3. The third-order valence-electron chi connectivity index (χ3n) is 4.86. The molecule has 2 aromatic carbocycles. The molecule has 4 aromatic rings. The smallest absolute Gasteiger partial charge is 0.163 e. The van der Waals surface area contributed by atoms with Crippen molar-refractivity contribution in [2.24, 2.45) is 0 Å². The number of aromatic nitrogens is 2. The van der Waals surface area contributed by atoms with Crippen LogP contribution in [-0.2, 0) is 0 Å². The van der Waals surface area contributed by atoms with Gasteiger partial charge in [-0.05, 0) is 38.7 Å². The summed E-state index contributed by atoms with van der Waals surface area (Å²) >= 11 is 0. The maximum Gasteiger partial charge on any atom is 0.163 e. The van der Waals surface area contributed by atoms with Crippen molar-refractivity contribution in [3.8, 4) is 17.6 Å². The normalized spacial score (nSPS) is 11.4. The molecule has 2 aromatic heterocycles. The molecule has 0 atom stereocenters. The Balaban J connectivity index is 1.79. The van der Waals surface area contributed by atoms with Gasteiger partial charge in [0, 0.05) is 40.5 Å². The predicted octanol–water partition coefficient (Wildman–Crippen LogP) is 4.08. The molecule has 2 heterocycles. The molecule has 0 saturated heterocycles. The lowest BCUT2D eigenvalue weighted by molar-refractivity contribution is 0.268. The number of ether oxygens (including phenoxy) is 2. The molecule has 6 nitrogen and oxygen atoms in total.